The van der Waals surface area contributed by atoms with E-state index < -0.39 is 5.92 Å². The van der Waals surface area contributed by atoms with Gasteiger partial charge in [0, 0.05) is 16.1 Å². The Balaban J connectivity index is 1.70. The minimum absolute atomic E-state index is 0.0177. The van der Waals surface area contributed by atoms with Crippen LogP contribution in [0, 0.1) is 11.3 Å². The smallest absolute Gasteiger partial charge is 0.205 e. The lowest BCUT2D eigenvalue weighted by Crippen LogP contribution is -2.21. The van der Waals surface area contributed by atoms with Gasteiger partial charge in [-0.3, -0.25) is 0 Å². The van der Waals surface area contributed by atoms with Crippen LogP contribution in [-0.2, 0) is 6.61 Å². The minimum atomic E-state index is -0.455. The topological polar surface area (TPSA) is 97.7 Å². The fraction of sp³-hybridized carbons (Fsp3) is 0.160. The van der Waals surface area contributed by atoms with E-state index in [1.165, 1.54) is 6.07 Å². The van der Waals surface area contributed by atoms with Crippen LogP contribution in [0.25, 0.3) is 0 Å². The zero-order chi connectivity index (χ0) is 22.7. The predicted molar refractivity (Wildman–Crippen MR) is 123 cm³/mol. The highest BCUT2D eigenvalue weighted by Gasteiger charge is 2.31. The number of halogens is 1. The standard InChI is InChI=1S/C25H21BrN2O4/c1-2-30-23-11-16(5-10-21(23)31-14-15-3-6-17(26)7-4-15)24-19-9-8-18(29)12-22(19)32-25(28)20(24)13-27/h3-12,24,29H,2,14,28H2,1H3/t24-/m1/s1. The summed E-state index contributed by atoms with van der Waals surface area (Å²) in [5.74, 6) is 1.22. The zero-order valence-electron chi connectivity index (χ0n) is 17.3. The molecule has 0 bridgehead atoms. The van der Waals surface area contributed by atoms with Gasteiger partial charge in [0.2, 0.25) is 5.88 Å². The van der Waals surface area contributed by atoms with Crippen LogP contribution < -0.4 is 19.9 Å². The number of nitrogens with zero attached hydrogens (tertiary/aromatic N) is 1. The molecule has 0 saturated heterocycles. The van der Waals surface area contributed by atoms with Gasteiger partial charge in [-0.1, -0.05) is 40.2 Å². The molecule has 3 aromatic carbocycles. The molecule has 3 aromatic rings. The lowest BCUT2D eigenvalue weighted by atomic mass is 9.83. The highest BCUT2D eigenvalue weighted by Crippen LogP contribution is 2.45. The second-order valence-electron chi connectivity index (χ2n) is 7.20. The molecule has 1 aliphatic rings. The summed E-state index contributed by atoms with van der Waals surface area (Å²) >= 11 is 3.43. The maximum absolute atomic E-state index is 9.83. The number of ether oxygens (including phenoxy) is 3. The van der Waals surface area contributed by atoms with Gasteiger partial charge >= 0.3 is 0 Å². The van der Waals surface area contributed by atoms with E-state index in [-0.39, 0.29) is 11.6 Å². The Bertz CT molecular complexity index is 1220. The molecule has 1 atom stereocenters. The van der Waals surface area contributed by atoms with Crippen molar-refractivity contribution in [1.29, 1.82) is 5.26 Å². The number of nitriles is 1. The number of allylic oxidation sites excluding steroid dienone is 1. The molecule has 6 nitrogen and oxygen atoms in total. The molecule has 4 rings (SSSR count). The van der Waals surface area contributed by atoms with E-state index in [0.29, 0.717) is 36.0 Å². The fourth-order valence-corrected chi connectivity index (χ4v) is 3.88. The number of aromatic hydroxyl groups is 1. The molecule has 0 saturated carbocycles. The van der Waals surface area contributed by atoms with E-state index in [0.717, 1.165) is 21.2 Å². The number of hydrogen-bond donors (Lipinski definition) is 2. The van der Waals surface area contributed by atoms with Crippen LogP contribution in [0.1, 0.15) is 29.5 Å². The highest BCUT2D eigenvalue weighted by atomic mass is 79.9. The van der Waals surface area contributed by atoms with E-state index in [9.17, 15) is 10.4 Å². The third-order valence-electron chi connectivity index (χ3n) is 5.11. The first-order chi connectivity index (χ1) is 15.5. The Hall–Kier alpha value is -3.63. The average Bonchev–Trinajstić information content (AvgIpc) is 2.78. The molecule has 7 heteroatoms. The third kappa shape index (κ3) is 4.36. The van der Waals surface area contributed by atoms with Crippen LogP contribution >= 0.6 is 15.9 Å². The number of phenolic OH excluding ortho intramolecular Hbond substituents is 1. The van der Waals surface area contributed by atoms with E-state index in [2.05, 4.69) is 22.0 Å². The Morgan fingerprint density at radius 2 is 1.84 bits per heavy atom. The van der Waals surface area contributed by atoms with Crippen LogP contribution in [0.2, 0.25) is 0 Å². The number of fused-ring (bicyclic) bond motifs is 1. The first-order valence-corrected chi connectivity index (χ1v) is 10.8. The molecular formula is C25H21BrN2O4. The maximum Gasteiger partial charge on any atom is 0.205 e. The molecule has 1 aliphatic heterocycles. The Morgan fingerprint density at radius 1 is 1.06 bits per heavy atom. The van der Waals surface area contributed by atoms with Crippen LogP contribution in [0.3, 0.4) is 0 Å². The normalized spacial score (nSPS) is 14.8. The number of benzene rings is 3. The fourth-order valence-electron chi connectivity index (χ4n) is 3.62. The minimum Gasteiger partial charge on any atom is -0.508 e. The summed E-state index contributed by atoms with van der Waals surface area (Å²) < 4.78 is 18.4. The molecule has 32 heavy (non-hydrogen) atoms. The SMILES string of the molecule is CCOc1cc([C@H]2C(C#N)=C(N)Oc3cc(O)ccc32)ccc1OCc1ccc(Br)cc1. The first kappa shape index (κ1) is 21.6. The molecule has 0 spiro atoms. The van der Waals surface area contributed by atoms with Gasteiger partial charge in [-0.25, -0.2) is 0 Å². The van der Waals surface area contributed by atoms with Gasteiger partial charge in [-0.2, -0.15) is 5.26 Å². The molecular weight excluding hydrogens is 472 g/mol. The number of phenols is 1. The summed E-state index contributed by atoms with van der Waals surface area (Å²) in [7, 11) is 0. The van der Waals surface area contributed by atoms with Gasteiger partial charge in [0.25, 0.3) is 0 Å². The lowest BCUT2D eigenvalue weighted by molar-refractivity contribution is 0.269. The van der Waals surface area contributed by atoms with Crippen molar-refractivity contribution >= 4 is 15.9 Å². The van der Waals surface area contributed by atoms with E-state index >= 15 is 0 Å². The molecule has 1 heterocycles. The summed E-state index contributed by atoms with van der Waals surface area (Å²) in [6.45, 7) is 2.75. The molecule has 3 N–H and O–H groups in total. The van der Waals surface area contributed by atoms with Crippen LogP contribution in [0.4, 0.5) is 0 Å². The van der Waals surface area contributed by atoms with E-state index in [4.69, 9.17) is 19.9 Å². The number of rotatable bonds is 6. The van der Waals surface area contributed by atoms with Crippen molar-refractivity contribution in [3.63, 3.8) is 0 Å². The summed E-state index contributed by atoms with van der Waals surface area (Å²) in [6, 6.07) is 20.4. The first-order valence-electron chi connectivity index (χ1n) is 10.0. The van der Waals surface area contributed by atoms with Crippen LogP contribution in [0.5, 0.6) is 23.0 Å². The maximum atomic E-state index is 9.83. The number of nitrogens with two attached hydrogens (primary N) is 1. The Labute approximate surface area is 194 Å². The van der Waals surface area contributed by atoms with Gasteiger partial charge in [0.1, 0.15) is 29.7 Å². The van der Waals surface area contributed by atoms with Gasteiger partial charge in [-0.05, 0) is 48.4 Å². The summed E-state index contributed by atoms with van der Waals surface area (Å²) in [6.07, 6.45) is 0. The van der Waals surface area contributed by atoms with Gasteiger partial charge in [-0.15, -0.1) is 0 Å². The molecule has 0 amide bonds. The van der Waals surface area contributed by atoms with Crippen LogP contribution in [0.15, 0.2) is 76.6 Å². The van der Waals surface area contributed by atoms with Crippen molar-refractivity contribution in [2.24, 2.45) is 5.73 Å². The monoisotopic (exact) mass is 492 g/mol. The molecule has 0 aliphatic carbocycles. The van der Waals surface area contributed by atoms with Crippen molar-refractivity contribution in [2.75, 3.05) is 6.61 Å². The number of hydrogen-bond acceptors (Lipinski definition) is 6. The van der Waals surface area contributed by atoms with Crippen molar-refractivity contribution in [1.82, 2.24) is 0 Å². The predicted octanol–water partition coefficient (Wildman–Crippen LogP) is 5.35. The molecule has 0 fully saturated rings. The molecule has 162 valence electrons. The van der Waals surface area contributed by atoms with Gasteiger partial charge < -0.3 is 25.1 Å². The summed E-state index contributed by atoms with van der Waals surface area (Å²) in [4.78, 5) is 0. The second kappa shape index (κ2) is 9.25. The summed E-state index contributed by atoms with van der Waals surface area (Å²) in [5, 5.41) is 19.6. The van der Waals surface area contributed by atoms with Gasteiger partial charge in [0.05, 0.1) is 12.5 Å². The van der Waals surface area contributed by atoms with Crippen molar-refractivity contribution in [3.8, 4) is 29.1 Å². The third-order valence-corrected chi connectivity index (χ3v) is 5.64. The molecule has 0 radical (unpaired) electrons. The largest absolute Gasteiger partial charge is 0.508 e. The van der Waals surface area contributed by atoms with Crippen molar-refractivity contribution < 1.29 is 19.3 Å². The Kier molecular flexibility index (Phi) is 6.24. The van der Waals surface area contributed by atoms with Crippen molar-refractivity contribution in [2.45, 2.75) is 19.4 Å². The van der Waals surface area contributed by atoms with Crippen LogP contribution in [-0.4, -0.2) is 11.7 Å². The van der Waals surface area contributed by atoms with Crippen molar-refractivity contribution in [3.05, 3.63) is 93.3 Å². The van der Waals surface area contributed by atoms with E-state index in [1.54, 1.807) is 12.1 Å². The lowest BCUT2D eigenvalue weighted by Gasteiger charge is -2.27. The van der Waals surface area contributed by atoms with E-state index in [1.807, 2.05) is 49.4 Å². The second-order valence-corrected chi connectivity index (χ2v) is 8.12. The Morgan fingerprint density at radius 3 is 2.56 bits per heavy atom. The quantitative estimate of drug-likeness (QED) is 0.481. The average molecular weight is 493 g/mol. The highest BCUT2D eigenvalue weighted by molar-refractivity contribution is 9.10. The molecule has 0 unspecified atom stereocenters. The zero-order valence-corrected chi connectivity index (χ0v) is 18.9. The summed E-state index contributed by atoms with van der Waals surface area (Å²) in [5.41, 5.74) is 8.89. The molecule has 0 aromatic heterocycles. The van der Waals surface area contributed by atoms with Gasteiger partial charge in [0.15, 0.2) is 11.5 Å².